The molecule has 0 spiro atoms. The Morgan fingerprint density at radius 3 is 2.77 bits per heavy atom. The molecule has 0 amide bonds. The van der Waals surface area contributed by atoms with Gasteiger partial charge in [-0.05, 0) is 39.0 Å². The number of aliphatic hydroxyl groups excluding tert-OH is 1. The Morgan fingerprint density at radius 2 is 2.09 bits per heavy atom. The molecule has 0 saturated carbocycles. The average molecular weight is 314 g/mol. The van der Waals surface area contributed by atoms with E-state index in [1.807, 2.05) is 0 Å². The second-order valence-electron chi connectivity index (χ2n) is 6.63. The van der Waals surface area contributed by atoms with Crippen molar-refractivity contribution in [1.29, 1.82) is 0 Å². The lowest BCUT2D eigenvalue weighted by Gasteiger charge is -2.22. The molecular formula is C17H30O5. The van der Waals surface area contributed by atoms with Gasteiger partial charge in [0.15, 0.2) is 12.1 Å². The van der Waals surface area contributed by atoms with Gasteiger partial charge < -0.3 is 19.3 Å². The summed E-state index contributed by atoms with van der Waals surface area (Å²) in [6, 6.07) is 0. The first-order valence-electron chi connectivity index (χ1n) is 8.69. The first kappa shape index (κ1) is 17.9. The van der Waals surface area contributed by atoms with Crippen LogP contribution in [-0.2, 0) is 19.0 Å². The van der Waals surface area contributed by atoms with E-state index in [-0.39, 0.29) is 24.8 Å². The zero-order chi connectivity index (χ0) is 15.8. The summed E-state index contributed by atoms with van der Waals surface area (Å²) >= 11 is 0. The van der Waals surface area contributed by atoms with E-state index in [1.165, 1.54) is 6.42 Å². The molecule has 2 aliphatic rings. The van der Waals surface area contributed by atoms with Crippen LogP contribution in [-0.4, -0.2) is 48.7 Å². The Labute approximate surface area is 133 Å². The van der Waals surface area contributed by atoms with Crippen LogP contribution in [0.3, 0.4) is 0 Å². The van der Waals surface area contributed by atoms with E-state index in [0.717, 1.165) is 58.2 Å². The molecule has 22 heavy (non-hydrogen) atoms. The molecule has 2 heterocycles. The summed E-state index contributed by atoms with van der Waals surface area (Å²) in [6.07, 6.45) is 9.09. The van der Waals surface area contributed by atoms with Gasteiger partial charge in [-0.3, -0.25) is 4.79 Å². The van der Waals surface area contributed by atoms with Gasteiger partial charge in [0.1, 0.15) is 5.60 Å². The smallest absolute Gasteiger partial charge is 0.169 e. The van der Waals surface area contributed by atoms with Crippen LogP contribution in [0.15, 0.2) is 0 Å². The van der Waals surface area contributed by atoms with E-state index in [0.29, 0.717) is 6.42 Å². The van der Waals surface area contributed by atoms with Crippen LogP contribution in [0.1, 0.15) is 64.7 Å². The molecule has 2 aliphatic heterocycles. The van der Waals surface area contributed by atoms with Crippen molar-refractivity contribution in [1.82, 2.24) is 0 Å². The third kappa shape index (κ3) is 5.30. The molecule has 0 bridgehead atoms. The van der Waals surface area contributed by atoms with Crippen molar-refractivity contribution >= 4 is 5.78 Å². The lowest BCUT2D eigenvalue weighted by molar-refractivity contribution is -0.162. The Morgan fingerprint density at radius 1 is 1.27 bits per heavy atom. The lowest BCUT2D eigenvalue weighted by Crippen LogP contribution is -2.36. The largest absolute Gasteiger partial charge is 0.393 e. The van der Waals surface area contributed by atoms with E-state index in [4.69, 9.17) is 14.2 Å². The number of hydrogen-bond donors (Lipinski definition) is 1. The van der Waals surface area contributed by atoms with Gasteiger partial charge in [0, 0.05) is 19.6 Å². The molecule has 128 valence electrons. The molecule has 0 aromatic carbocycles. The summed E-state index contributed by atoms with van der Waals surface area (Å²) in [7, 11) is 0. The van der Waals surface area contributed by atoms with Crippen LogP contribution in [0.4, 0.5) is 0 Å². The third-order valence-electron chi connectivity index (χ3n) is 4.59. The number of unbranched alkanes of at least 4 members (excludes halogenated alkanes) is 3. The van der Waals surface area contributed by atoms with E-state index in [9.17, 15) is 9.90 Å². The van der Waals surface area contributed by atoms with Crippen LogP contribution in [0, 0.1) is 0 Å². The molecule has 3 atom stereocenters. The first-order valence-corrected chi connectivity index (χ1v) is 8.69. The number of ether oxygens (including phenoxy) is 3. The van der Waals surface area contributed by atoms with Gasteiger partial charge in [-0.25, -0.2) is 0 Å². The van der Waals surface area contributed by atoms with Crippen LogP contribution in [0.2, 0.25) is 0 Å². The number of carbonyl (C=O) groups is 1. The fraction of sp³-hybridized carbons (Fsp3) is 0.941. The van der Waals surface area contributed by atoms with Crippen molar-refractivity contribution in [2.24, 2.45) is 0 Å². The van der Waals surface area contributed by atoms with Crippen molar-refractivity contribution in [3.8, 4) is 0 Å². The molecule has 1 N–H and O–H groups in total. The van der Waals surface area contributed by atoms with Gasteiger partial charge in [-0.1, -0.05) is 19.3 Å². The highest BCUT2D eigenvalue weighted by Crippen LogP contribution is 2.29. The van der Waals surface area contributed by atoms with Crippen molar-refractivity contribution in [2.45, 2.75) is 82.7 Å². The van der Waals surface area contributed by atoms with E-state index < -0.39 is 5.60 Å². The fourth-order valence-corrected chi connectivity index (χ4v) is 3.07. The van der Waals surface area contributed by atoms with Gasteiger partial charge in [-0.15, -0.1) is 0 Å². The highest BCUT2D eigenvalue weighted by atomic mass is 16.7. The minimum Gasteiger partial charge on any atom is -0.393 e. The second kappa shape index (κ2) is 8.96. The summed E-state index contributed by atoms with van der Waals surface area (Å²) < 4.78 is 16.9. The van der Waals surface area contributed by atoms with Crippen LogP contribution in [0.5, 0.6) is 0 Å². The van der Waals surface area contributed by atoms with Gasteiger partial charge in [0.2, 0.25) is 0 Å². The molecule has 0 aliphatic carbocycles. The number of rotatable bonds is 9. The molecule has 5 nitrogen and oxygen atoms in total. The number of carbonyl (C=O) groups excluding carboxylic acids is 1. The zero-order valence-electron chi connectivity index (χ0n) is 13.7. The van der Waals surface area contributed by atoms with Crippen molar-refractivity contribution in [3.05, 3.63) is 0 Å². The maximum atomic E-state index is 11.7. The highest BCUT2D eigenvalue weighted by molar-refractivity contribution is 5.89. The molecule has 5 heteroatoms. The van der Waals surface area contributed by atoms with E-state index in [1.54, 1.807) is 6.92 Å². The van der Waals surface area contributed by atoms with Gasteiger partial charge in [0.05, 0.1) is 12.7 Å². The predicted molar refractivity (Wildman–Crippen MR) is 82.6 cm³/mol. The van der Waals surface area contributed by atoms with Crippen LogP contribution in [0.25, 0.3) is 0 Å². The van der Waals surface area contributed by atoms with E-state index >= 15 is 0 Å². The van der Waals surface area contributed by atoms with Crippen molar-refractivity contribution in [3.63, 3.8) is 0 Å². The topological polar surface area (TPSA) is 65.0 Å². The summed E-state index contributed by atoms with van der Waals surface area (Å²) in [5.74, 6) is 0.0286. The Bertz CT molecular complexity index is 340. The SMILES string of the molecule is CC1(CO)O[C@@H](CCCCCCOC2CCCCO2)CC1=O. The average Bonchev–Trinajstić information content (AvgIpc) is 2.82. The van der Waals surface area contributed by atoms with Crippen molar-refractivity contribution in [2.75, 3.05) is 19.8 Å². The summed E-state index contributed by atoms with van der Waals surface area (Å²) in [5.41, 5.74) is -0.960. The maximum Gasteiger partial charge on any atom is 0.169 e. The molecule has 2 rings (SSSR count). The summed E-state index contributed by atoms with van der Waals surface area (Å²) in [4.78, 5) is 11.7. The van der Waals surface area contributed by atoms with Gasteiger partial charge in [-0.2, -0.15) is 0 Å². The standard InChI is InChI=1S/C17H30O5/c1-17(13-18)15(19)12-14(22-17)8-4-2-3-6-10-20-16-9-5-7-11-21-16/h14,16,18H,2-13H2,1H3/t14-,16?,17?/m0/s1. The molecule has 0 aromatic heterocycles. The molecular weight excluding hydrogens is 284 g/mol. The summed E-state index contributed by atoms with van der Waals surface area (Å²) in [6.45, 7) is 3.06. The fourth-order valence-electron chi connectivity index (χ4n) is 3.07. The Kier molecular flexibility index (Phi) is 7.28. The predicted octanol–water partition coefficient (Wildman–Crippen LogP) is 2.59. The normalized spacial score (nSPS) is 32.5. The highest BCUT2D eigenvalue weighted by Gasteiger charge is 2.43. The maximum absolute atomic E-state index is 11.7. The molecule has 2 saturated heterocycles. The zero-order valence-corrected chi connectivity index (χ0v) is 13.7. The molecule has 0 aromatic rings. The molecule has 2 fully saturated rings. The van der Waals surface area contributed by atoms with Gasteiger partial charge in [0.25, 0.3) is 0 Å². The second-order valence-corrected chi connectivity index (χ2v) is 6.63. The first-order chi connectivity index (χ1) is 10.6. The number of ketones is 1. The Balaban J connectivity index is 1.45. The third-order valence-corrected chi connectivity index (χ3v) is 4.59. The van der Waals surface area contributed by atoms with E-state index in [2.05, 4.69) is 0 Å². The lowest BCUT2D eigenvalue weighted by atomic mass is 10.0. The van der Waals surface area contributed by atoms with Crippen LogP contribution < -0.4 is 0 Å². The number of Topliss-reactive ketones (excluding diaryl/α,β-unsaturated/α-hetero) is 1. The summed E-state index contributed by atoms with van der Waals surface area (Å²) in [5, 5.41) is 9.22. The molecule has 2 unspecified atom stereocenters. The minimum absolute atomic E-state index is 0.0165. The minimum atomic E-state index is -0.960. The number of hydrogen-bond acceptors (Lipinski definition) is 5. The van der Waals surface area contributed by atoms with Crippen LogP contribution >= 0.6 is 0 Å². The molecule has 0 radical (unpaired) electrons. The monoisotopic (exact) mass is 314 g/mol. The Hall–Kier alpha value is -0.490. The number of aliphatic hydroxyl groups is 1. The quantitative estimate of drug-likeness (QED) is 0.663. The van der Waals surface area contributed by atoms with Gasteiger partial charge >= 0.3 is 0 Å². The van der Waals surface area contributed by atoms with Crippen molar-refractivity contribution < 1.29 is 24.1 Å².